The summed E-state index contributed by atoms with van der Waals surface area (Å²) < 4.78 is 21.4. The molecule has 4 aliphatic heterocycles. The van der Waals surface area contributed by atoms with Gasteiger partial charge in [0.2, 0.25) is 5.95 Å². The van der Waals surface area contributed by atoms with Crippen molar-refractivity contribution in [1.29, 1.82) is 0 Å². The Hall–Kier alpha value is -3.32. The third-order valence-corrected chi connectivity index (χ3v) is 13.3. The van der Waals surface area contributed by atoms with Gasteiger partial charge in [-0.1, -0.05) is 18.2 Å². The lowest BCUT2D eigenvalue weighted by atomic mass is 9.72. The molecule has 16 nitrogen and oxygen atoms in total. The number of piperidine rings is 4. The molecule has 0 radical (unpaired) electrons. The molecular weight excluding hydrogens is 946 g/mol. The number of ether oxygens (including phenoxy) is 4. The summed E-state index contributed by atoms with van der Waals surface area (Å²) in [7, 11) is -0.850. The number of anilines is 1. The van der Waals surface area contributed by atoms with Gasteiger partial charge in [0.15, 0.2) is 0 Å². The Morgan fingerprint density at radius 2 is 1.03 bits per heavy atom. The minimum Gasteiger partial charge on any atom is -0.466 e. The molecule has 0 atom stereocenters. The molecule has 4 fully saturated rings. The predicted molar refractivity (Wildman–Crippen MR) is 272 cm³/mol. The molecule has 0 aromatic carbocycles. The molecule has 67 heavy (non-hydrogen) atoms. The average Bonchev–Trinajstić information content (AvgIpc) is 3.31. The van der Waals surface area contributed by atoms with Gasteiger partial charge in [-0.3, -0.25) is 19.2 Å². The Morgan fingerprint density at radius 3 is 1.39 bits per heavy atom. The number of carbonyl (C=O) groups excluding carboxylic acids is 4. The minimum absolute atomic E-state index is 0. The number of hydrogen-bond donors (Lipinski definition) is 3. The Kier molecular flexibility index (Phi) is 29.9. The molecule has 4 aliphatic rings. The van der Waals surface area contributed by atoms with Crippen LogP contribution in [0.4, 0.5) is 5.95 Å². The Bertz CT molecular complexity index is 1640. The third-order valence-electron chi connectivity index (χ3n) is 12.9. The van der Waals surface area contributed by atoms with Gasteiger partial charge in [0.25, 0.3) is 0 Å². The summed E-state index contributed by atoms with van der Waals surface area (Å²) in [4.78, 5) is 62.2. The number of nitrogens with one attached hydrogen (secondary N) is 1. The van der Waals surface area contributed by atoms with Crippen molar-refractivity contribution in [3.8, 4) is 0 Å². The van der Waals surface area contributed by atoms with Crippen molar-refractivity contribution in [2.75, 3.05) is 83.7 Å². The molecular formula is C47H80B2BrClN6O10. The van der Waals surface area contributed by atoms with Crippen LogP contribution < -0.4 is 10.2 Å². The van der Waals surface area contributed by atoms with Crippen LogP contribution in [0.5, 0.6) is 0 Å². The van der Waals surface area contributed by atoms with Gasteiger partial charge >= 0.3 is 38.0 Å². The summed E-state index contributed by atoms with van der Waals surface area (Å²) in [5, 5.41) is 22.1. The van der Waals surface area contributed by atoms with Gasteiger partial charge in [-0.15, -0.1) is 32.1 Å². The summed E-state index contributed by atoms with van der Waals surface area (Å²) in [6, 6.07) is 0. The normalized spacial score (nSPS) is 18.7. The minimum atomic E-state index is -0.445. The number of allylic oxidation sites excluding steroid dienone is 3. The summed E-state index contributed by atoms with van der Waals surface area (Å²) in [5.74, 6) is 0.366. The Balaban J connectivity index is 0.000000451. The predicted octanol–water partition coefficient (Wildman–Crippen LogP) is 6.57. The topological polar surface area (TPSA) is 193 Å². The summed E-state index contributed by atoms with van der Waals surface area (Å²) in [5.41, 5.74) is -1.17. The smallest absolute Gasteiger partial charge is 0.376 e. The van der Waals surface area contributed by atoms with Crippen LogP contribution in [0.1, 0.15) is 98.3 Å². The first-order valence-corrected chi connectivity index (χ1v) is 24.6. The lowest BCUT2D eigenvalue weighted by Crippen LogP contribution is -2.49. The van der Waals surface area contributed by atoms with E-state index in [0.29, 0.717) is 45.2 Å². The molecule has 378 valence electrons. The van der Waals surface area contributed by atoms with E-state index in [0.717, 1.165) is 115 Å². The van der Waals surface area contributed by atoms with Crippen LogP contribution in [-0.2, 0) is 38.1 Å². The zero-order chi connectivity index (χ0) is 49.2. The largest absolute Gasteiger partial charge is 0.466 e. The fourth-order valence-electron chi connectivity index (χ4n) is 8.76. The highest BCUT2D eigenvalue weighted by Crippen LogP contribution is 2.39. The van der Waals surface area contributed by atoms with Crippen LogP contribution >= 0.6 is 28.3 Å². The maximum absolute atomic E-state index is 12.3. The van der Waals surface area contributed by atoms with Crippen molar-refractivity contribution in [3.05, 3.63) is 54.8 Å². The lowest BCUT2D eigenvalue weighted by Gasteiger charge is -2.39. The Labute approximate surface area is 416 Å². The average molecular weight is 1030 g/mol. The molecule has 1 aromatic rings. The summed E-state index contributed by atoms with van der Waals surface area (Å²) in [6.07, 6.45) is 17.1. The maximum Gasteiger partial charge on any atom is 0.376 e. The van der Waals surface area contributed by atoms with Crippen molar-refractivity contribution in [2.24, 2.45) is 22.2 Å². The Morgan fingerprint density at radius 1 is 0.672 bits per heavy atom. The maximum atomic E-state index is 12.3. The number of nitrogens with zero attached hydrogens (tertiary/aromatic N) is 5. The zero-order valence-electron chi connectivity index (χ0n) is 41.2. The second-order valence-corrected chi connectivity index (χ2v) is 18.2. The lowest BCUT2D eigenvalue weighted by molar-refractivity contribution is -0.158. The van der Waals surface area contributed by atoms with Crippen LogP contribution in [-0.4, -0.2) is 146 Å². The monoisotopic (exact) mass is 1020 g/mol. The van der Waals surface area contributed by atoms with Gasteiger partial charge in [-0.2, -0.15) is 0 Å². The van der Waals surface area contributed by atoms with Gasteiger partial charge in [0.1, 0.15) is 0 Å². The van der Waals surface area contributed by atoms with Crippen molar-refractivity contribution >= 4 is 72.3 Å². The highest BCUT2D eigenvalue weighted by molar-refractivity contribution is 9.10. The molecule has 0 spiro atoms. The van der Waals surface area contributed by atoms with E-state index in [1.54, 1.807) is 32.1 Å². The molecule has 4 saturated heterocycles. The van der Waals surface area contributed by atoms with E-state index in [1.807, 2.05) is 49.5 Å². The second kappa shape index (κ2) is 32.5. The molecule has 5 rings (SSSR count). The van der Waals surface area contributed by atoms with Gasteiger partial charge in [-0.05, 0) is 167 Å². The molecule has 0 unspecified atom stereocenters. The number of aromatic nitrogens is 2. The quantitative estimate of drug-likeness (QED) is 0.0656. The van der Waals surface area contributed by atoms with Crippen LogP contribution in [0.15, 0.2) is 54.8 Å². The van der Waals surface area contributed by atoms with Crippen LogP contribution in [0.3, 0.4) is 0 Å². The first-order chi connectivity index (χ1) is 31.6. The standard InChI is InChI=1S/C15H20BrN3O2.C12H22BNO3.C11H19NO2.C9H18BNO3.ClH/c1-3-5-15(13(20)21-4-2)6-8-19(9-7-15)14-17-10-12(16)11-18-14;1-4-6-12(11(15)17-5-2)7-9-14(10-8-12)13(3)16;1-3-5-11(10(13)14-4-2)6-8-12-9-7-11;1-3-14-9(12)8-4-6-11(7-5-8)10(2)13;/h3,10-11H,1,4-9H2,2H3;4,16H,1,5-10H2,2-3H3;3,12H,1,4-9H2,2H3;8,13H,3-7H2,1-2H3;1H. The van der Waals surface area contributed by atoms with Gasteiger partial charge in [0, 0.05) is 25.5 Å². The van der Waals surface area contributed by atoms with Crippen molar-refractivity contribution in [3.63, 3.8) is 0 Å². The molecule has 0 saturated carbocycles. The first-order valence-electron chi connectivity index (χ1n) is 23.8. The van der Waals surface area contributed by atoms with E-state index >= 15 is 0 Å². The molecule has 20 heteroatoms. The fourth-order valence-corrected chi connectivity index (χ4v) is 8.96. The number of esters is 4. The third kappa shape index (κ3) is 19.5. The van der Waals surface area contributed by atoms with Gasteiger partial charge in [0.05, 0.1) is 53.1 Å². The van der Waals surface area contributed by atoms with Crippen molar-refractivity contribution in [1.82, 2.24) is 24.9 Å². The summed E-state index contributed by atoms with van der Waals surface area (Å²) >= 11 is 3.33. The molecule has 0 bridgehead atoms. The van der Waals surface area contributed by atoms with Crippen molar-refractivity contribution in [2.45, 2.75) is 112 Å². The van der Waals surface area contributed by atoms with E-state index in [4.69, 9.17) is 18.9 Å². The SMILES string of the molecule is C=CCC1(C(=O)OCC)CCN(B(C)O)CC1.C=CCC1(C(=O)OCC)CCN(c2ncc(Br)cn2)CC1.C=CCC1(C(=O)OCC)CCNCC1.CCOC(=O)C1CCN(B(C)O)CC1.Cl. The number of halogens is 2. The summed E-state index contributed by atoms with van der Waals surface area (Å²) in [6.45, 7) is 30.1. The van der Waals surface area contributed by atoms with E-state index in [-0.39, 0.29) is 47.6 Å². The van der Waals surface area contributed by atoms with Crippen LogP contribution in [0, 0.1) is 22.2 Å². The molecule has 0 aliphatic carbocycles. The zero-order valence-corrected chi connectivity index (χ0v) is 43.6. The van der Waals surface area contributed by atoms with Crippen LogP contribution in [0.2, 0.25) is 13.6 Å². The molecule has 3 N–H and O–H groups in total. The van der Waals surface area contributed by atoms with Crippen LogP contribution in [0.25, 0.3) is 0 Å². The van der Waals surface area contributed by atoms with Gasteiger partial charge < -0.3 is 48.8 Å². The molecule has 0 amide bonds. The van der Waals surface area contributed by atoms with Crippen molar-refractivity contribution < 1.29 is 48.2 Å². The van der Waals surface area contributed by atoms with Gasteiger partial charge in [-0.25, -0.2) is 9.97 Å². The first kappa shape index (κ1) is 61.7. The molecule has 1 aromatic heterocycles. The van der Waals surface area contributed by atoms with E-state index in [9.17, 15) is 29.2 Å². The van der Waals surface area contributed by atoms with E-state index in [1.165, 1.54) is 0 Å². The fraction of sp³-hybridized carbons (Fsp3) is 0.702. The highest BCUT2D eigenvalue weighted by atomic mass is 79.9. The second-order valence-electron chi connectivity index (χ2n) is 17.3. The number of carbonyl (C=O) groups is 4. The number of hydrogen-bond acceptors (Lipinski definition) is 16. The van der Waals surface area contributed by atoms with E-state index < -0.39 is 24.9 Å². The highest BCUT2D eigenvalue weighted by Gasteiger charge is 2.44. The van der Waals surface area contributed by atoms with E-state index in [2.05, 4.69) is 55.9 Å². The molecule has 5 heterocycles. The number of rotatable bonds is 17.